The van der Waals surface area contributed by atoms with Crippen molar-refractivity contribution in [2.75, 3.05) is 0 Å². The molecule has 0 saturated heterocycles. The molecule has 0 atom stereocenters. The first kappa shape index (κ1) is 37.3. The number of phenols is 2. The first-order chi connectivity index (χ1) is 21.4. The zero-order chi connectivity index (χ0) is 34.6. The SMILES string of the molecule is CC(C)c1cccc(C(C)C)c1[N]=[Mo]=[CH]C(C)(C)c1ccccc1.Cc1ccc(O)c(-c2c(C)c(C)cc(C(C)(C)C)c2O)c1C. The van der Waals surface area contributed by atoms with Gasteiger partial charge < -0.3 is 10.2 Å². The van der Waals surface area contributed by atoms with Crippen LogP contribution in [0.1, 0.15) is 119 Å². The van der Waals surface area contributed by atoms with Gasteiger partial charge in [0, 0.05) is 16.7 Å². The van der Waals surface area contributed by atoms with E-state index in [0.717, 1.165) is 38.9 Å². The van der Waals surface area contributed by atoms with E-state index in [1.54, 1.807) is 6.07 Å². The van der Waals surface area contributed by atoms with Crippen LogP contribution in [0.25, 0.3) is 11.1 Å². The second-order valence-electron chi connectivity index (χ2n) is 14.7. The maximum Gasteiger partial charge on any atom is 0.127 e. The molecule has 0 aromatic heterocycles. The molecule has 0 saturated carbocycles. The van der Waals surface area contributed by atoms with Crippen LogP contribution >= 0.6 is 0 Å². The van der Waals surface area contributed by atoms with Crippen molar-refractivity contribution in [3.05, 3.63) is 111 Å². The van der Waals surface area contributed by atoms with Crippen LogP contribution in [0, 0.1) is 27.7 Å². The molecule has 246 valence electrons. The Bertz CT molecular complexity index is 1710. The van der Waals surface area contributed by atoms with E-state index in [-0.39, 0.29) is 22.3 Å². The fourth-order valence-electron chi connectivity index (χ4n) is 5.66. The van der Waals surface area contributed by atoms with Crippen LogP contribution in [0.4, 0.5) is 5.69 Å². The molecule has 4 aromatic carbocycles. The molecule has 0 amide bonds. The fraction of sp³-hybridized carbons (Fsp3) is 0.405. The molecule has 0 fully saturated rings. The summed E-state index contributed by atoms with van der Waals surface area (Å²) in [6.45, 7) is 27.9. The van der Waals surface area contributed by atoms with E-state index >= 15 is 0 Å². The molecule has 0 heterocycles. The number of rotatable bonds is 6. The molecule has 0 aliphatic heterocycles. The van der Waals surface area contributed by atoms with Crippen LogP contribution in [-0.2, 0) is 28.7 Å². The van der Waals surface area contributed by atoms with Crippen molar-refractivity contribution >= 4 is 10.1 Å². The van der Waals surface area contributed by atoms with Gasteiger partial charge in [0.2, 0.25) is 0 Å². The molecule has 2 N–H and O–H groups in total. The third kappa shape index (κ3) is 8.60. The molecule has 3 nitrogen and oxygen atoms in total. The van der Waals surface area contributed by atoms with Crippen LogP contribution < -0.4 is 0 Å². The Morgan fingerprint density at radius 2 is 1.22 bits per heavy atom. The summed E-state index contributed by atoms with van der Waals surface area (Å²) in [6, 6.07) is 23.1. The molecule has 0 aliphatic carbocycles. The molecule has 0 aliphatic rings. The van der Waals surface area contributed by atoms with E-state index in [2.05, 4.69) is 128 Å². The predicted molar refractivity (Wildman–Crippen MR) is 195 cm³/mol. The molecule has 4 aromatic rings. The zero-order valence-corrected chi connectivity index (χ0v) is 32.3. The first-order valence-electron chi connectivity index (χ1n) is 16.4. The summed E-state index contributed by atoms with van der Waals surface area (Å²) < 4.78 is 7.59. The van der Waals surface area contributed by atoms with Gasteiger partial charge in [-0.15, -0.1) is 0 Å². The number of nitrogens with zero attached hydrogens (tertiary/aromatic N) is 1. The van der Waals surface area contributed by atoms with Crippen molar-refractivity contribution in [3.63, 3.8) is 0 Å². The molecule has 0 bridgehead atoms. The van der Waals surface area contributed by atoms with Gasteiger partial charge in [-0.2, -0.15) is 0 Å². The Morgan fingerprint density at radius 3 is 1.74 bits per heavy atom. The predicted octanol–water partition coefficient (Wildman–Crippen LogP) is 11.9. The van der Waals surface area contributed by atoms with Crippen molar-refractivity contribution in [3.8, 4) is 22.6 Å². The number of benzene rings is 4. The quantitative estimate of drug-likeness (QED) is 0.197. The second kappa shape index (κ2) is 15.2. The van der Waals surface area contributed by atoms with Gasteiger partial charge in [-0.1, -0.05) is 32.9 Å². The van der Waals surface area contributed by atoms with Crippen molar-refractivity contribution < 1.29 is 28.1 Å². The molecular formula is C42H55MoNO2. The summed E-state index contributed by atoms with van der Waals surface area (Å²) in [5.74, 6) is 1.51. The van der Waals surface area contributed by atoms with E-state index in [1.165, 1.54) is 22.4 Å². The average Bonchev–Trinajstić information content (AvgIpc) is 2.98. The molecule has 4 heteroatoms. The number of aryl methyl sites for hydroxylation is 2. The van der Waals surface area contributed by atoms with Gasteiger partial charge in [0.15, 0.2) is 0 Å². The Morgan fingerprint density at radius 1 is 0.674 bits per heavy atom. The number of phenolic OH excluding ortho intramolecular Hbond substituents is 2. The largest absolute Gasteiger partial charge is 0.507 e. The van der Waals surface area contributed by atoms with Crippen molar-refractivity contribution in [2.24, 2.45) is 3.50 Å². The Hall–Kier alpha value is -3.16. The Kier molecular flexibility index (Phi) is 12.3. The molecular weight excluding hydrogens is 646 g/mol. The van der Waals surface area contributed by atoms with Gasteiger partial charge in [0.1, 0.15) is 11.5 Å². The number of hydrogen-bond acceptors (Lipinski definition) is 3. The van der Waals surface area contributed by atoms with Crippen molar-refractivity contribution in [1.29, 1.82) is 0 Å². The third-order valence-electron chi connectivity index (χ3n) is 8.94. The van der Waals surface area contributed by atoms with Crippen LogP contribution in [-0.4, -0.2) is 14.6 Å². The van der Waals surface area contributed by atoms with Gasteiger partial charge in [0.05, 0.1) is 0 Å². The summed E-state index contributed by atoms with van der Waals surface area (Å²) >= 11 is -0.553. The summed E-state index contributed by atoms with van der Waals surface area (Å²) in [5, 5.41) is 21.3. The molecule has 0 spiro atoms. The zero-order valence-electron chi connectivity index (χ0n) is 30.3. The molecule has 0 unspecified atom stereocenters. The van der Waals surface area contributed by atoms with Crippen LogP contribution in [0.15, 0.2) is 70.2 Å². The van der Waals surface area contributed by atoms with Crippen molar-refractivity contribution in [1.82, 2.24) is 0 Å². The van der Waals surface area contributed by atoms with Crippen LogP contribution in [0.3, 0.4) is 0 Å². The van der Waals surface area contributed by atoms with Crippen molar-refractivity contribution in [2.45, 2.75) is 113 Å². The normalized spacial score (nSPS) is 11.7. The van der Waals surface area contributed by atoms with Gasteiger partial charge in [-0.05, 0) is 61.4 Å². The monoisotopic (exact) mass is 703 g/mol. The number of hydrogen-bond donors (Lipinski definition) is 2. The fourth-order valence-corrected chi connectivity index (χ4v) is 7.55. The topological polar surface area (TPSA) is 52.8 Å². The smallest absolute Gasteiger partial charge is 0.127 e. The molecule has 46 heavy (non-hydrogen) atoms. The van der Waals surface area contributed by atoms with E-state index in [0.29, 0.717) is 11.8 Å². The minimum Gasteiger partial charge on any atom is -0.507 e. The summed E-state index contributed by atoms with van der Waals surface area (Å²) in [4.78, 5) is 0. The van der Waals surface area contributed by atoms with Gasteiger partial charge >= 0.3 is 156 Å². The third-order valence-corrected chi connectivity index (χ3v) is 11.4. The van der Waals surface area contributed by atoms with Gasteiger partial charge in [-0.3, -0.25) is 0 Å². The maximum atomic E-state index is 10.9. The maximum absolute atomic E-state index is 10.9. The average molecular weight is 702 g/mol. The first-order valence-corrected chi connectivity index (χ1v) is 18.5. The summed E-state index contributed by atoms with van der Waals surface area (Å²) in [7, 11) is 0. The second-order valence-corrected chi connectivity index (χ2v) is 16.3. The Balaban J connectivity index is 0.000000251. The Labute approximate surface area is 287 Å². The standard InChI is InChI=1S/C20H26O2.C12H17N.C10H12.Mo/c1-11-8-9-16(21)17(13(11)3)18-14(4)12(2)10-15(19(18)22)20(5,6)7;1-8(2)10-6-5-7-11(9(3)4)12(10)13;1-10(2,3)9-7-5-4-6-8-9;/h8-10,21-22H,1-7H3;5-9H,1-4H3;1,4-8H,2-3H3;. The van der Waals surface area contributed by atoms with Crippen LogP contribution in [0.2, 0.25) is 0 Å². The van der Waals surface area contributed by atoms with E-state index in [9.17, 15) is 10.2 Å². The van der Waals surface area contributed by atoms with Gasteiger partial charge in [-0.25, -0.2) is 0 Å². The number of aromatic hydroxyl groups is 2. The van der Waals surface area contributed by atoms with Crippen LogP contribution in [0.5, 0.6) is 11.5 Å². The minimum atomic E-state index is -0.553. The molecule has 0 radical (unpaired) electrons. The minimum absolute atomic E-state index is 0.0811. The summed E-state index contributed by atoms with van der Waals surface area (Å²) in [6.07, 6.45) is 0. The summed E-state index contributed by atoms with van der Waals surface area (Å²) in [5.41, 5.74) is 12.0. The van der Waals surface area contributed by atoms with E-state index < -0.39 is 17.9 Å². The van der Waals surface area contributed by atoms with Gasteiger partial charge in [0.25, 0.3) is 0 Å². The van der Waals surface area contributed by atoms with E-state index in [4.69, 9.17) is 3.50 Å². The molecule has 4 rings (SSSR count). The van der Waals surface area contributed by atoms with E-state index in [1.807, 2.05) is 26.8 Å².